The molecule has 110 valence electrons. The molecule has 1 saturated heterocycles. The summed E-state index contributed by atoms with van der Waals surface area (Å²) < 4.78 is 26.7. The van der Waals surface area contributed by atoms with Crippen LogP contribution in [0.3, 0.4) is 0 Å². The third-order valence-electron chi connectivity index (χ3n) is 3.63. The van der Waals surface area contributed by atoms with Crippen LogP contribution in [0, 0.1) is 11.6 Å². The van der Waals surface area contributed by atoms with Crippen LogP contribution < -0.4 is 11.1 Å². The molecule has 0 spiro atoms. The van der Waals surface area contributed by atoms with Crippen LogP contribution >= 0.6 is 0 Å². The van der Waals surface area contributed by atoms with Gasteiger partial charge in [-0.2, -0.15) is 0 Å². The Kier molecular flexibility index (Phi) is 4.54. The van der Waals surface area contributed by atoms with Crippen molar-refractivity contribution in [3.05, 3.63) is 29.3 Å². The predicted molar refractivity (Wildman–Crippen MR) is 73.4 cm³/mol. The molecule has 1 atom stereocenters. The quantitative estimate of drug-likeness (QED) is 0.831. The van der Waals surface area contributed by atoms with Crippen LogP contribution in [0.1, 0.15) is 30.1 Å². The molecule has 1 aliphatic rings. The molecule has 0 aromatic heterocycles. The second-order valence-electron chi connectivity index (χ2n) is 5.06. The summed E-state index contributed by atoms with van der Waals surface area (Å²) in [5.41, 5.74) is 4.59. The van der Waals surface area contributed by atoms with Gasteiger partial charge in [-0.15, -0.1) is 0 Å². The van der Waals surface area contributed by atoms with E-state index < -0.39 is 23.2 Å². The first-order chi connectivity index (χ1) is 9.51. The highest BCUT2D eigenvalue weighted by atomic mass is 19.1. The molecule has 20 heavy (non-hydrogen) atoms. The standard InChI is InChI=1S/C14H19F2N3O/c1-2-19-5-3-4-10(8-19)18-14(20)9-6-11(15)13(17)12(16)7-9/h6-7,10H,2-5,8,17H2,1H3,(H,18,20). The number of likely N-dealkylation sites (tertiary alicyclic amines) is 1. The second kappa shape index (κ2) is 6.17. The van der Waals surface area contributed by atoms with Crippen molar-refractivity contribution in [2.45, 2.75) is 25.8 Å². The first-order valence-corrected chi connectivity index (χ1v) is 6.79. The summed E-state index contributed by atoms with van der Waals surface area (Å²) in [5.74, 6) is -2.28. The SMILES string of the molecule is CCN1CCCC(NC(=O)c2cc(F)c(N)c(F)c2)C1. The minimum Gasteiger partial charge on any atom is -0.394 e. The summed E-state index contributed by atoms with van der Waals surface area (Å²) in [4.78, 5) is 14.3. The number of amides is 1. The molecule has 3 N–H and O–H groups in total. The minimum atomic E-state index is -0.908. The molecule has 4 nitrogen and oxygen atoms in total. The van der Waals surface area contributed by atoms with Gasteiger partial charge in [-0.25, -0.2) is 8.78 Å². The fourth-order valence-electron chi connectivity index (χ4n) is 2.44. The van der Waals surface area contributed by atoms with E-state index in [2.05, 4.69) is 17.1 Å². The summed E-state index contributed by atoms with van der Waals surface area (Å²) >= 11 is 0. The highest BCUT2D eigenvalue weighted by Crippen LogP contribution is 2.18. The van der Waals surface area contributed by atoms with E-state index in [1.807, 2.05) is 0 Å². The number of halogens is 2. The number of benzene rings is 1. The van der Waals surface area contributed by atoms with Gasteiger partial charge in [0.25, 0.3) is 5.91 Å². The number of hydrogen-bond acceptors (Lipinski definition) is 3. The normalized spacial score (nSPS) is 19.9. The van der Waals surface area contributed by atoms with Crippen molar-refractivity contribution in [3.63, 3.8) is 0 Å². The van der Waals surface area contributed by atoms with E-state index in [-0.39, 0.29) is 11.6 Å². The van der Waals surface area contributed by atoms with Gasteiger partial charge in [0, 0.05) is 18.2 Å². The zero-order valence-corrected chi connectivity index (χ0v) is 11.5. The summed E-state index contributed by atoms with van der Waals surface area (Å²) in [7, 11) is 0. The Bertz CT molecular complexity index is 484. The van der Waals surface area contributed by atoms with Crippen molar-refractivity contribution in [1.29, 1.82) is 0 Å². The van der Waals surface area contributed by atoms with Crippen LogP contribution in [0.15, 0.2) is 12.1 Å². The highest BCUT2D eigenvalue weighted by Gasteiger charge is 2.21. The summed E-state index contributed by atoms with van der Waals surface area (Å²) in [5, 5.41) is 2.82. The monoisotopic (exact) mass is 283 g/mol. The van der Waals surface area contributed by atoms with E-state index in [1.54, 1.807) is 0 Å². The Hall–Kier alpha value is -1.69. The first kappa shape index (κ1) is 14.7. The van der Waals surface area contributed by atoms with Gasteiger partial charge in [-0.05, 0) is 38.1 Å². The lowest BCUT2D eigenvalue weighted by molar-refractivity contribution is 0.0905. The van der Waals surface area contributed by atoms with Crippen molar-refractivity contribution in [2.24, 2.45) is 0 Å². The topological polar surface area (TPSA) is 58.4 Å². The van der Waals surface area contributed by atoms with E-state index >= 15 is 0 Å². The maximum absolute atomic E-state index is 13.3. The number of nitrogens with two attached hydrogens (primary N) is 1. The molecule has 2 rings (SSSR count). The number of hydrogen-bond donors (Lipinski definition) is 2. The van der Waals surface area contributed by atoms with Gasteiger partial charge in [-0.3, -0.25) is 4.79 Å². The van der Waals surface area contributed by atoms with Crippen molar-refractivity contribution in [2.75, 3.05) is 25.4 Å². The third-order valence-corrected chi connectivity index (χ3v) is 3.63. The molecule has 0 saturated carbocycles. The van der Waals surface area contributed by atoms with Gasteiger partial charge in [0.1, 0.15) is 17.3 Å². The molecule has 6 heteroatoms. The number of nitrogens with one attached hydrogen (secondary N) is 1. The lowest BCUT2D eigenvalue weighted by Gasteiger charge is -2.32. The van der Waals surface area contributed by atoms with Crippen molar-refractivity contribution < 1.29 is 13.6 Å². The zero-order chi connectivity index (χ0) is 14.7. The van der Waals surface area contributed by atoms with Gasteiger partial charge in [-0.1, -0.05) is 6.92 Å². The fraction of sp³-hybridized carbons (Fsp3) is 0.500. The molecule has 0 aliphatic carbocycles. The van der Waals surface area contributed by atoms with Crippen LogP contribution in [-0.4, -0.2) is 36.5 Å². The van der Waals surface area contributed by atoms with E-state index in [9.17, 15) is 13.6 Å². The lowest BCUT2D eigenvalue weighted by atomic mass is 10.0. The smallest absolute Gasteiger partial charge is 0.251 e. The Morgan fingerprint density at radius 3 is 2.70 bits per heavy atom. The maximum Gasteiger partial charge on any atom is 0.251 e. The number of carbonyl (C=O) groups excluding carboxylic acids is 1. The van der Waals surface area contributed by atoms with Crippen molar-refractivity contribution in [1.82, 2.24) is 10.2 Å². The minimum absolute atomic E-state index is 0.0138. The molecule has 1 heterocycles. The molecule has 1 amide bonds. The number of anilines is 1. The Morgan fingerprint density at radius 1 is 1.45 bits per heavy atom. The molecular formula is C14H19F2N3O. The largest absolute Gasteiger partial charge is 0.394 e. The molecule has 1 aromatic carbocycles. The summed E-state index contributed by atoms with van der Waals surface area (Å²) in [6, 6.07) is 1.95. The number of piperidine rings is 1. The highest BCUT2D eigenvalue weighted by molar-refractivity contribution is 5.94. The predicted octanol–water partition coefficient (Wildman–Crippen LogP) is 1.76. The van der Waals surface area contributed by atoms with Gasteiger partial charge < -0.3 is 16.0 Å². The molecule has 1 aliphatic heterocycles. The van der Waals surface area contributed by atoms with Crippen LogP contribution in [0.25, 0.3) is 0 Å². The summed E-state index contributed by atoms with van der Waals surface area (Å²) in [6.07, 6.45) is 1.88. The van der Waals surface area contributed by atoms with Crippen LogP contribution in [0.2, 0.25) is 0 Å². The Labute approximate surface area is 116 Å². The Morgan fingerprint density at radius 2 is 2.10 bits per heavy atom. The van der Waals surface area contributed by atoms with Gasteiger partial charge in [0.15, 0.2) is 0 Å². The average Bonchev–Trinajstić information content (AvgIpc) is 2.44. The molecule has 1 fully saturated rings. The van der Waals surface area contributed by atoms with E-state index in [4.69, 9.17) is 5.73 Å². The van der Waals surface area contributed by atoms with Crippen molar-refractivity contribution in [3.8, 4) is 0 Å². The van der Waals surface area contributed by atoms with Crippen LogP contribution in [0.5, 0.6) is 0 Å². The van der Waals surface area contributed by atoms with E-state index in [0.717, 1.165) is 44.6 Å². The first-order valence-electron chi connectivity index (χ1n) is 6.79. The number of rotatable bonds is 3. The lowest BCUT2D eigenvalue weighted by Crippen LogP contribution is -2.47. The van der Waals surface area contributed by atoms with Gasteiger partial charge >= 0.3 is 0 Å². The van der Waals surface area contributed by atoms with Gasteiger partial charge in [0.2, 0.25) is 0 Å². The molecule has 0 bridgehead atoms. The molecule has 1 unspecified atom stereocenters. The van der Waals surface area contributed by atoms with Crippen LogP contribution in [0.4, 0.5) is 14.5 Å². The molecule has 0 radical (unpaired) electrons. The number of nitrogen functional groups attached to an aromatic ring is 1. The third kappa shape index (κ3) is 3.25. The van der Waals surface area contributed by atoms with E-state index in [0.29, 0.717) is 0 Å². The second-order valence-corrected chi connectivity index (χ2v) is 5.06. The van der Waals surface area contributed by atoms with E-state index in [1.165, 1.54) is 0 Å². The summed E-state index contributed by atoms with van der Waals surface area (Å²) in [6.45, 7) is 4.78. The maximum atomic E-state index is 13.3. The molecule has 1 aromatic rings. The van der Waals surface area contributed by atoms with Crippen molar-refractivity contribution >= 4 is 11.6 Å². The van der Waals surface area contributed by atoms with Gasteiger partial charge in [0.05, 0.1) is 0 Å². The fourth-order valence-corrected chi connectivity index (χ4v) is 2.44. The Balaban J connectivity index is 2.05. The van der Waals surface area contributed by atoms with Crippen LogP contribution in [-0.2, 0) is 0 Å². The number of nitrogens with zero attached hydrogens (tertiary/aromatic N) is 1. The average molecular weight is 283 g/mol. The zero-order valence-electron chi connectivity index (χ0n) is 11.5. The molecular weight excluding hydrogens is 264 g/mol. The number of likely N-dealkylation sites (N-methyl/N-ethyl adjacent to an activating group) is 1. The number of carbonyl (C=O) groups is 1.